The van der Waals surface area contributed by atoms with E-state index in [9.17, 15) is 9.59 Å². The lowest BCUT2D eigenvalue weighted by molar-refractivity contribution is -0.131. The van der Waals surface area contributed by atoms with E-state index in [4.69, 9.17) is 11.6 Å². The summed E-state index contributed by atoms with van der Waals surface area (Å²) >= 11 is 6.10. The minimum atomic E-state index is -0.985. The molecular formula is C23H28Cl2N4O2. The van der Waals surface area contributed by atoms with E-state index in [1.54, 1.807) is 6.92 Å². The molecule has 166 valence electrons. The van der Waals surface area contributed by atoms with Gasteiger partial charge in [0.25, 0.3) is 5.91 Å². The summed E-state index contributed by atoms with van der Waals surface area (Å²) in [5, 5.41) is 3.63. The number of imide groups is 1. The molecule has 2 aromatic carbocycles. The van der Waals surface area contributed by atoms with Crippen LogP contribution in [-0.2, 0) is 10.3 Å². The van der Waals surface area contributed by atoms with Crippen LogP contribution in [0.4, 0.5) is 10.5 Å². The summed E-state index contributed by atoms with van der Waals surface area (Å²) in [7, 11) is 0. The summed E-state index contributed by atoms with van der Waals surface area (Å²) in [6, 6.07) is 17.1. The fourth-order valence-corrected chi connectivity index (χ4v) is 4.41. The van der Waals surface area contributed by atoms with Crippen LogP contribution in [0.1, 0.15) is 18.9 Å². The number of urea groups is 1. The van der Waals surface area contributed by atoms with Crippen LogP contribution < -0.4 is 10.2 Å². The van der Waals surface area contributed by atoms with Crippen molar-refractivity contribution in [3.8, 4) is 0 Å². The first-order chi connectivity index (χ1) is 14.5. The van der Waals surface area contributed by atoms with Gasteiger partial charge in [0.1, 0.15) is 5.54 Å². The van der Waals surface area contributed by atoms with Gasteiger partial charge in [0.2, 0.25) is 0 Å². The number of piperazine rings is 1. The molecule has 0 radical (unpaired) electrons. The lowest BCUT2D eigenvalue weighted by Crippen LogP contribution is -2.47. The first-order valence-corrected chi connectivity index (χ1v) is 10.8. The van der Waals surface area contributed by atoms with Gasteiger partial charge in [-0.2, -0.15) is 0 Å². The zero-order valence-corrected chi connectivity index (χ0v) is 19.2. The Morgan fingerprint density at radius 1 is 0.968 bits per heavy atom. The van der Waals surface area contributed by atoms with Gasteiger partial charge in [0, 0.05) is 43.4 Å². The Balaban J connectivity index is 0.00000272. The summed E-state index contributed by atoms with van der Waals surface area (Å²) in [6.45, 7) is 6.86. The van der Waals surface area contributed by atoms with Gasteiger partial charge >= 0.3 is 6.03 Å². The lowest BCUT2D eigenvalue weighted by atomic mass is 9.92. The summed E-state index contributed by atoms with van der Waals surface area (Å²) in [4.78, 5) is 31.5. The third kappa shape index (κ3) is 4.97. The molecular weight excluding hydrogens is 435 g/mol. The van der Waals surface area contributed by atoms with Crippen molar-refractivity contribution in [2.45, 2.75) is 18.9 Å². The number of nitrogens with one attached hydrogen (secondary N) is 1. The number of amides is 3. The maximum Gasteiger partial charge on any atom is 0.325 e. The van der Waals surface area contributed by atoms with Crippen LogP contribution >= 0.6 is 24.0 Å². The normalized spacial score (nSPS) is 21.7. The Bertz CT molecular complexity index is 919. The van der Waals surface area contributed by atoms with Gasteiger partial charge < -0.3 is 10.2 Å². The van der Waals surface area contributed by atoms with Crippen molar-refractivity contribution < 1.29 is 9.59 Å². The maximum atomic E-state index is 13.0. The molecule has 4 rings (SSSR count). The highest BCUT2D eigenvalue weighted by Gasteiger charge is 2.48. The van der Waals surface area contributed by atoms with E-state index >= 15 is 0 Å². The van der Waals surface area contributed by atoms with Crippen LogP contribution in [0, 0.1) is 0 Å². The second-order valence-corrected chi connectivity index (χ2v) is 8.48. The molecule has 2 heterocycles. The molecule has 31 heavy (non-hydrogen) atoms. The molecule has 1 unspecified atom stereocenters. The van der Waals surface area contributed by atoms with E-state index in [0.29, 0.717) is 6.54 Å². The Morgan fingerprint density at radius 2 is 1.68 bits per heavy atom. The van der Waals surface area contributed by atoms with E-state index in [2.05, 4.69) is 21.2 Å². The number of nitrogens with zero attached hydrogens (tertiary/aromatic N) is 3. The third-order valence-electron chi connectivity index (χ3n) is 6.03. The van der Waals surface area contributed by atoms with Crippen molar-refractivity contribution in [1.29, 1.82) is 0 Å². The number of carbonyl (C=O) groups excluding carboxylic acids is 2. The zero-order valence-electron chi connectivity index (χ0n) is 17.6. The van der Waals surface area contributed by atoms with Crippen LogP contribution in [0.3, 0.4) is 0 Å². The third-order valence-corrected chi connectivity index (χ3v) is 6.26. The molecule has 2 aliphatic rings. The Hall–Kier alpha value is -2.28. The van der Waals surface area contributed by atoms with Gasteiger partial charge in [0.15, 0.2) is 0 Å². The van der Waals surface area contributed by atoms with Crippen molar-refractivity contribution in [1.82, 2.24) is 15.1 Å². The molecule has 0 aliphatic carbocycles. The smallest absolute Gasteiger partial charge is 0.325 e. The predicted molar refractivity (Wildman–Crippen MR) is 126 cm³/mol. The first kappa shape index (κ1) is 23.4. The molecule has 0 bridgehead atoms. The van der Waals surface area contributed by atoms with E-state index < -0.39 is 5.54 Å². The van der Waals surface area contributed by atoms with Crippen LogP contribution in [-0.4, -0.2) is 61.0 Å². The van der Waals surface area contributed by atoms with Crippen molar-refractivity contribution in [2.24, 2.45) is 0 Å². The minimum Gasteiger partial charge on any atom is -0.369 e. The van der Waals surface area contributed by atoms with Gasteiger partial charge in [-0.25, -0.2) is 4.79 Å². The number of anilines is 1. The number of benzene rings is 2. The molecule has 0 saturated carbocycles. The molecule has 2 fully saturated rings. The number of hydrogen-bond acceptors (Lipinski definition) is 4. The fraction of sp³-hybridized carbons (Fsp3) is 0.391. The SMILES string of the molecule is CC1(c2ccccc2)NC(=O)N(CCCN2CCN(c3cccc(Cl)c3)CC2)C1=O.Cl. The quantitative estimate of drug-likeness (QED) is 0.664. The van der Waals surface area contributed by atoms with Gasteiger partial charge in [0.05, 0.1) is 0 Å². The number of rotatable bonds is 6. The highest BCUT2D eigenvalue weighted by molar-refractivity contribution is 6.30. The van der Waals surface area contributed by atoms with Crippen molar-refractivity contribution in [2.75, 3.05) is 44.2 Å². The van der Waals surface area contributed by atoms with Crippen molar-refractivity contribution >= 4 is 41.6 Å². The molecule has 1 N–H and O–H groups in total. The topological polar surface area (TPSA) is 55.9 Å². The molecule has 2 aromatic rings. The van der Waals surface area contributed by atoms with Crippen molar-refractivity contribution in [3.63, 3.8) is 0 Å². The standard InChI is InChI=1S/C23H27ClN4O2.ClH/c1-23(18-7-3-2-4-8-18)21(29)28(22(30)25-23)12-6-11-26-13-15-27(16-14-26)20-10-5-9-19(24)17-20;/h2-5,7-10,17H,6,11-16H2,1H3,(H,25,30);1H. The number of hydrogen-bond donors (Lipinski definition) is 1. The van der Waals surface area contributed by atoms with E-state index in [0.717, 1.165) is 55.4 Å². The van der Waals surface area contributed by atoms with E-state index in [-0.39, 0.29) is 24.3 Å². The Morgan fingerprint density at radius 3 is 2.35 bits per heavy atom. The molecule has 0 aromatic heterocycles. The summed E-state index contributed by atoms with van der Waals surface area (Å²) in [5.41, 5.74) is 0.977. The second kappa shape index (κ2) is 9.90. The molecule has 6 nitrogen and oxygen atoms in total. The first-order valence-electron chi connectivity index (χ1n) is 10.4. The summed E-state index contributed by atoms with van der Waals surface area (Å²) in [6.07, 6.45) is 0.765. The van der Waals surface area contributed by atoms with Gasteiger partial charge in [-0.05, 0) is 43.7 Å². The molecule has 1 atom stereocenters. The maximum absolute atomic E-state index is 13.0. The predicted octanol–water partition coefficient (Wildman–Crippen LogP) is 3.74. The molecule has 2 saturated heterocycles. The highest BCUT2D eigenvalue weighted by atomic mass is 35.5. The number of halogens is 2. The number of carbonyl (C=O) groups is 2. The minimum absolute atomic E-state index is 0. The lowest BCUT2D eigenvalue weighted by Gasteiger charge is -2.36. The second-order valence-electron chi connectivity index (χ2n) is 8.04. The Labute approximate surface area is 194 Å². The summed E-state index contributed by atoms with van der Waals surface area (Å²) < 4.78 is 0. The van der Waals surface area contributed by atoms with Crippen LogP contribution in [0.25, 0.3) is 0 Å². The van der Waals surface area contributed by atoms with Crippen LogP contribution in [0.15, 0.2) is 54.6 Å². The molecule has 0 spiro atoms. The molecule has 2 aliphatic heterocycles. The van der Waals surface area contributed by atoms with Gasteiger partial charge in [-0.3, -0.25) is 14.6 Å². The van der Waals surface area contributed by atoms with Crippen LogP contribution in [0.5, 0.6) is 0 Å². The largest absolute Gasteiger partial charge is 0.369 e. The van der Waals surface area contributed by atoms with Gasteiger partial charge in [-0.1, -0.05) is 48.0 Å². The summed E-state index contributed by atoms with van der Waals surface area (Å²) in [5.74, 6) is -0.176. The Kier molecular flexibility index (Phi) is 7.46. The van der Waals surface area contributed by atoms with Gasteiger partial charge in [-0.15, -0.1) is 12.4 Å². The highest BCUT2D eigenvalue weighted by Crippen LogP contribution is 2.28. The van der Waals surface area contributed by atoms with Crippen molar-refractivity contribution in [3.05, 3.63) is 65.2 Å². The monoisotopic (exact) mass is 462 g/mol. The molecule has 3 amide bonds. The average molecular weight is 463 g/mol. The average Bonchev–Trinajstić information content (AvgIpc) is 2.99. The van der Waals surface area contributed by atoms with Crippen LogP contribution in [0.2, 0.25) is 5.02 Å². The van der Waals surface area contributed by atoms with E-state index in [1.807, 2.05) is 48.5 Å². The zero-order chi connectivity index (χ0) is 21.1. The van der Waals surface area contributed by atoms with E-state index in [1.165, 1.54) is 4.90 Å². The fourth-order valence-electron chi connectivity index (χ4n) is 4.22. The molecule has 8 heteroatoms.